The van der Waals surface area contributed by atoms with E-state index in [-0.39, 0.29) is 17.9 Å². The highest BCUT2D eigenvalue weighted by molar-refractivity contribution is 5.83. The molecule has 1 aliphatic rings. The van der Waals surface area contributed by atoms with Crippen LogP contribution in [-0.4, -0.2) is 50.2 Å². The first-order valence-corrected chi connectivity index (χ1v) is 10.9. The van der Waals surface area contributed by atoms with Gasteiger partial charge in [0.15, 0.2) is 12.0 Å². The number of benzene rings is 2. The lowest BCUT2D eigenvalue weighted by Crippen LogP contribution is -2.41. The Morgan fingerprint density at radius 2 is 1.97 bits per heavy atom. The molecular weight excluding hydrogens is 408 g/mol. The number of nitrogens with one attached hydrogen (secondary N) is 1. The average Bonchev–Trinajstić information content (AvgIpc) is 3.29. The predicted octanol–water partition coefficient (Wildman–Crippen LogP) is 3.45. The number of fused-ring (bicyclic) bond motifs is 1. The molecule has 168 valence electrons. The van der Waals surface area contributed by atoms with Crippen LogP contribution < -0.4 is 20.2 Å². The van der Waals surface area contributed by atoms with E-state index in [9.17, 15) is 9.59 Å². The molecular formula is C25H28N2O5. The van der Waals surface area contributed by atoms with E-state index in [0.717, 1.165) is 30.8 Å². The van der Waals surface area contributed by atoms with Gasteiger partial charge in [0.25, 0.3) is 5.91 Å². The molecule has 1 amide bonds. The monoisotopic (exact) mass is 436 g/mol. The second-order valence-corrected chi connectivity index (χ2v) is 7.88. The van der Waals surface area contributed by atoms with Crippen molar-refractivity contribution in [2.24, 2.45) is 0 Å². The molecule has 0 spiro atoms. The number of ether oxygens (including phenoxy) is 2. The Morgan fingerprint density at radius 1 is 1.19 bits per heavy atom. The van der Waals surface area contributed by atoms with Gasteiger partial charge in [-0.05, 0) is 55.8 Å². The molecule has 1 fully saturated rings. The average molecular weight is 437 g/mol. The summed E-state index contributed by atoms with van der Waals surface area (Å²) in [6, 6.07) is 12.6. The summed E-state index contributed by atoms with van der Waals surface area (Å²) in [6.45, 7) is 4.78. The number of likely N-dealkylation sites (N-methyl/N-ethyl adjacent to an activating group) is 1. The lowest BCUT2D eigenvalue weighted by Gasteiger charge is -2.22. The van der Waals surface area contributed by atoms with Gasteiger partial charge >= 0.3 is 0 Å². The highest BCUT2D eigenvalue weighted by Gasteiger charge is 2.23. The number of amides is 1. The summed E-state index contributed by atoms with van der Waals surface area (Å²) >= 11 is 0. The second kappa shape index (κ2) is 9.87. The molecule has 2 aromatic carbocycles. The van der Waals surface area contributed by atoms with Crippen LogP contribution in [0.15, 0.2) is 57.9 Å². The summed E-state index contributed by atoms with van der Waals surface area (Å²) in [5, 5.41) is 3.41. The van der Waals surface area contributed by atoms with Crippen molar-refractivity contribution in [1.82, 2.24) is 10.2 Å². The SMILES string of the molecule is CCN1CCC[C@H]1CNC(=O)COc1ccc2c(=O)c(-c3ccc(OC)cc3)coc2c1. The molecule has 1 saturated heterocycles. The summed E-state index contributed by atoms with van der Waals surface area (Å²) in [4.78, 5) is 27.5. The molecule has 2 heterocycles. The van der Waals surface area contributed by atoms with Crippen LogP contribution in [0.1, 0.15) is 19.8 Å². The van der Waals surface area contributed by atoms with Gasteiger partial charge in [-0.3, -0.25) is 14.5 Å². The van der Waals surface area contributed by atoms with Crippen molar-refractivity contribution >= 4 is 16.9 Å². The van der Waals surface area contributed by atoms with Crippen LogP contribution in [0.4, 0.5) is 0 Å². The van der Waals surface area contributed by atoms with E-state index < -0.39 is 0 Å². The van der Waals surface area contributed by atoms with Gasteiger partial charge in [0.2, 0.25) is 0 Å². The van der Waals surface area contributed by atoms with Crippen LogP contribution in [0.5, 0.6) is 11.5 Å². The molecule has 0 saturated carbocycles. The quantitative estimate of drug-likeness (QED) is 0.583. The van der Waals surface area contributed by atoms with Gasteiger partial charge < -0.3 is 19.2 Å². The highest BCUT2D eigenvalue weighted by atomic mass is 16.5. The largest absolute Gasteiger partial charge is 0.497 e. The second-order valence-electron chi connectivity index (χ2n) is 7.88. The van der Waals surface area contributed by atoms with Crippen LogP contribution in [0, 0.1) is 0 Å². The third kappa shape index (κ3) is 4.78. The fourth-order valence-electron chi connectivity index (χ4n) is 4.14. The highest BCUT2D eigenvalue weighted by Crippen LogP contribution is 2.24. The Balaban J connectivity index is 1.40. The van der Waals surface area contributed by atoms with E-state index in [1.54, 1.807) is 37.4 Å². The summed E-state index contributed by atoms with van der Waals surface area (Å²) < 4.78 is 16.5. The first-order valence-electron chi connectivity index (χ1n) is 10.9. The molecule has 7 heteroatoms. The summed E-state index contributed by atoms with van der Waals surface area (Å²) in [7, 11) is 1.60. The minimum absolute atomic E-state index is 0.0848. The van der Waals surface area contributed by atoms with Gasteiger partial charge in [-0.25, -0.2) is 0 Å². The predicted molar refractivity (Wildman–Crippen MR) is 123 cm³/mol. The molecule has 0 radical (unpaired) electrons. The molecule has 1 aromatic heterocycles. The Bertz CT molecular complexity index is 1140. The molecule has 0 aliphatic carbocycles. The summed E-state index contributed by atoms with van der Waals surface area (Å²) in [6.07, 6.45) is 3.73. The molecule has 4 rings (SSSR count). The van der Waals surface area contributed by atoms with Crippen molar-refractivity contribution in [2.45, 2.75) is 25.8 Å². The Kier molecular flexibility index (Phi) is 6.75. The Labute approximate surface area is 186 Å². The zero-order valence-corrected chi connectivity index (χ0v) is 18.4. The molecule has 1 aliphatic heterocycles. The third-order valence-electron chi connectivity index (χ3n) is 5.96. The smallest absolute Gasteiger partial charge is 0.257 e. The van der Waals surface area contributed by atoms with Crippen LogP contribution in [0.3, 0.4) is 0 Å². The Morgan fingerprint density at radius 3 is 2.72 bits per heavy atom. The number of hydrogen-bond acceptors (Lipinski definition) is 6. The molecule has 3 aromatic rings. The maximum absolute atomic E-state index is 12.9. The first kappa shape index (κ1) is 21.9. The van der Waals surface area contributed by atoms with E-state index >= 15 is 0 Å². The number of rotatable bonds is 8. The molecule has 0 bridgehead atoms. The van der Waals surface area contributed by atoms with E-state index in [4.69, 9.17) is 13.9 Å². The van der Waals surface area contributed by atoms with Gasteiger partial charge in [0, 0.05) is 18.7 Å². The van der Waals surface area contributed by atoms with Crippen LogP contribution in [-0.2, 0) is 4.79 Å². The number of likely N-dealkylation sites (tertiary alicyclic amines) is 1. The fraction of sp³-hybridized carbons (Fsp3) is 0.360. The minimum atomic E-state index is -0.163. The standard InChI is InChI=1S/C25H28N2O5/c1-3-27-12-4-5-18(27)14-26-24(28)16-31-20-10-11-21-23(13-20)32-15-22(25(21)29)17-6-8-19(30-2)9-7-17/h6-11,13,15,18H,3-5,12,14,16H2,1-2H3,(H,26,28)/t18-/m0/s1. The minimum Gasteiger partial charge on any atom is -0.497 e. The first-order chi connectivity index (χ1) is 15.6. The van der Waals surface area contributed by atoms with Gasteiger partial charge in [-0.15, -0.1) is 0 Å². The molecule has 7 nitrogen and oxygen atoms in total. The van der Waals surface area contributed by atoms with E-state index in [1.807, 2.05) is 12.1 Å². The number of carbonyl (C=O) groups is 1. The van der Waals surface area contributed by atoms with Crippen LogP contribution >= 0.6 is 0 Å². The van der Waals surface area contributed by atoms with Crippen molar-refractivity contribution in [2.75, 3.05) is 33.4 Å². The normalized spacial score (nSPS) is 16.2. The topological polar surface area (TPSA) is 81.0 Å². The van der Waals surface area contributed by atoms with Crippen molar-refractivity contribution in [1.29, 1.82) is 0 Å². The van der Waals surface area contributed by atoms with Crippen LogP contribution in [0.2, 0.25) is 0 Å². The van der Waals surface area contributed by atoms with Gasteiger partial charge in [0.1, 0.15) is 23.3 Å². The number of nitrogens with zero attached hydrogens (tertiary/aromatic N) is 1. The molecule has 32 heavy (non-hydrogen) atoms. The number of methoxy groups -OCH3 is 1. The van der Waals surface area contributed by atoms with Gasteiger partial charge in [0.05, 0.1) is 18.1 Å². The van der Waals surface area contributed by atoms with Gasteiger partial charge in [-0.1, -0.05) is 19.1 Å². The molecule has 1 N–H and O–H groups in total. The van der Waals surface area contributed by atoms with E-state index in [1.165, 1.54) is 12.7 Å². The van der Waals surface area contributed by atoms with Crippen molar-refractivity contribution in [3.63, 3.8) is 0 Å². The molecule has 1 atom stereocenters. The number of hydrogen-bond donors (Lipinski definition) is 1. The van der Waals surface area contributed by atoms with Gasteiger partial charge in [-0.2, -0.15) is 0 Å². The maximum Gasteiger partial charge on any atom is 0.257 e. The number of carbonyl (C=O) groups excluding carboxylic acids is 1. The summed E-state index contributed by atoms with van der Waals surface area (Å²) in [5.74, 6) is 1.03. The zero-order valence-electron chi connectivity index (χ0n) is 18.4. The van der Waals surface area contributed by atoms with Crippen molar-refractivity contribution in [3.05, 3.63) is 59.0 Å². The molecule has 0 unspecified atom stereocenters. The lowest BCUT2D eigenvalue weighted by atomic mass is 10.1. The fourth-order valence-corrected chi connectivity index (χ4v) is 4.14. The Hall–Kier alpha value is -3.32. The van der Waals surface area contributed by atoms with E-state index in [2.05, 4.69) is 17.1 Å². The third-order valence-corrected chi connectivity index (χ3v) is 5.96. The summed E-state index contributed by atoms with van der Waals surface area (Å²) in [5.41, 5.74) is 1.51. The maximum atomic E-state index is 12.9. The van der Waals surface area contributed by atoms with Crippen molar-refractivity contribution < 1.29 is 18.7 Å². The zero-order chi connectivity index (χ0) is 22.5. The van der Waals surface area contributed by atoms with E-state index in [0.29, 0.717) is 34.9 Å². The van der Waals surface area contributed by atoms with Crippen molar-refractivity contribution in [3.8, 4) is 22.6 Å². The van der Waals surface area contributed by atoms with Crippen LogP contribution in [0.25, 0.3) is 22.1 Å². The lowest BCUT2D eigenvalue weighted by molar-refractivity contribution is -0.123.